The Morgan fingerprint density at radius 2 is 2.06 bits per heavy atom. The SMILES string of the molecule is NC/C(F)=C\COc1cccc(C(F)(F)F)c1. The summed E-state index contributed by atoms with van der Waals surface area (Å²) < 4.78 is 54.5. The van der Waals surface area contributed by atoms with Crippen LogP contribution < -0.4 is 10.5 Å². The van der Waals surface area contributed by atoms with Crippen LogP contribution in [0.3, 0.4) is 0 Å². The molecule has 94 valence electrons. The summed E-state index contributed by atoms with van der Waals surface area (Å²) in [5.41, 5.74) is 4.18. The Bertz CT molecular complexity index is 401. The van der Waals surface area contributed by atoms with Gasteiger partial charge in [-0.25, -0.2) is 4.39 Å². The summed E-state index contributed by atoms with van der Waals surface area (Å²) in [6.07, 6.45) is -3.35. The third-order valence-corrected chi connectivity index (χ3v) is 1.91. The lowest BCUT2D eigenvalue weighted by Gasteiger charge is -2.09. The minimum atomic E-state index is -4.42. The summed E-state index contributed by atoms with van der Waals surface area (Å²) in [5.74, 6) is -0.544. The zero-order chi connectivity index (χ0) is 12.9. The summed E-state index contributed by atoms with van der Waals surface area (Å²) in [6, 6.07) is 4.38. The molecule has 0 amide bonds. The van der Waals surface area contributed by atoms with Crippen LogP contribution in [0.1, 0.15) is 5.56 Å². The molecule has 0 aromatic heterocycles. The van der Waals surface area contributed by atoms with Gasteiger partial charge in [0.25, 0.3) is 0 Å². The Morgan fingerprint density at radius 3 is 2.65 bits per heavy atom. The number of rotatable bonds is 4. The molecule has 1 rings (SSSR count). The molecule has 0 aliphatic heterocycles. The molecule has 2 N–H and O–H groups in total. The molecule has 0 fully saturated rings. The average Bonchev–Trinajstić information content (AvgIpc) is 2.28. The number of halogens is 4. The van der Waals surface area contributed by atoms with Gasteiger partial charge in [-0.1, -0.05) is 6.07 Å². The van der Waals surface area contributed by atoms with Gasteiger partial charge in [0.2, 0.25) is 0 Å². The fourth-order valence-electron chi connectivity index (χ4n) is 1.07. The van der Waals surface area contributed by atoms with E-state index in [4.69, 9.17) is 10.5 Å². The molecule has 0 unspecified atom stereocenters. The van der Waals surface area contributed by atoms with Crippen molar-refractivity contribution in [1.82, 2.24) is 0 Å². The van der Waals surface area contributed by atoms with Crippen molar-refractivity contribution in [1.29, 1.82) is 0 Å². The van der Waals surface area contributed by atoms with E-state index in [9.17, 15) is 17.6 Å². The maximum Gasteiger partial charge on any atom is 0.416 e. The van der Waals surface area contributed by atoms with Gasteiger partial charge in [-0.3, -0.25) is 0 Å². The van der Waals surface area contributed by atoms with Crippen molar-refractivity contribution in [3.05, 3.63) is 41.7 Å². The van der Waals surface area contributed by atoms with Crippen LogP contribution in [0.25, 0.3) is 0 Å². The molecule has 0 atom stereocenters. The normalized spacial score (nSPS) is 12.6. The van der Waals surface area contributed by atoms with Crippen molar-refractivity contribution >= 4 is 0 Å². The monoisotopic (exact) mass is 249 g/mol. The number of benzene rings is 1. The maximum absolute atomic E-state index is 12.6. The van der Waals surface area contributed by atoms with E-state index in [0.29, 0.717) is 0 Å². The van der Waals surface area contributed by atoms with Gasteiger partial charge in [0, 0.05) is 6.54 Å². The number of ether oxygens (including phenoxy) is 1. The van der Waals surface area contributed by atoms with Crippen molar-refractivity contribution in [3.8, 4) is 5.75 Å². The summed E-state index contributed by atoms with van der Waals surface area (Å²) in [5, 5.41) is 0. The van der Waals surface area contributed by atoms with Crippen LogP contribution >= 0.6 is 0 Å². The number of nitrogens with two attached hydrogens (primary N) is 1. The molecule has 1 aromatic carbocycles. The zero-order valence-electron chi connectivity index (χ0n) is 8.80. The molecule has 0 aliphatic carbocycles. The fraction of sp³-hybridized carbons (Fsp3) is 0.273. The van der Waals surface area contributed by atoms with Gasteiger partial charge in [0.05, 0.1) is 5.56 Å². The van der Waals surface area contributed by atoms with Crippen LogP contribution in [0.2, 0.25) is 0 Å². The summed E-state index contributed by atoms with van der Waals surface area (Å²) >= 11 is 0. The molecule has 0 saturated heterocycles. The van der Waals surface area contributed by atoms with E-state index in [-0.39, 0.29) is 18.9 Å². The van der Waals surface area contributed by atoms with E-state index in [1.165, 1.54) is 12.1 Å². The van der Waals surface area contributed by atoms with E-state index >= 15 is 0 Å². The zero-order valence-corrected chi connectivity index (χ0v) is 8.80. The number of hydrogen-bond donors (Lipinski definition) is 1. The van der Waals surface area contributed by atoms with Gasteiger partial charge in [-0.2, -0.15) is 13.2 Å². The highest BCUT2D eigenvalue weighted by Gasteiger charge is 2.30. The molecule has 2 nitrogen and oxygen atoms in total. The third kappa shape index (κ3) is 4.44. The van der Waals surface area contributed by atoms with Crippen LogP contribution in [0.5, 0.6) is 5.75 Å². The van der Waals surface area contributed by atoms with E-state index in [1.54, 1.807) is 0 Å². The van der Waals surface area contributed by atoms with Crippen LogP contribution in [0.15, 0.2) is 36.2 Å². The Labute approximate surface area is 95.7 Å². The molecule has 0 aliphatic rings. The number of hydrogen-bond acceptors (Lipinski definition) is 2. The van der Waals surface area contributed by atoms with Crippen molar-refractivity contribution < 1.29 is 22.3 Å². The van der Waals surface area contributed by atoms with Gasteiger partial charge < -0.3 is 10.5 Å². The minimum absolute atomic E-state index is 0.0286. The van der Waals surface area contributed by atoms with Gasteiger partial charge in [-0.15, -0.1) is 0 Å². The van der Waals surface area contributed by atoms with Gasteiger partial charge in [0.15, 0.2) is 0 Å². The van der Waals surface area contributed by atoms with E-state index < -0.39 is 17.6 Å². The van der Waals surface area contributed by atoms with Crippen molar-refractivity contribution in [3.63, 3.8) is 0 Å². The molecule has 6 heteroatoms. The summed E-state index contributed by atoms with van der Waals surface area (Å²) in [7, 11) is 0. The van der Waals surface area contributed by atoms with Crippen molar-refractivity contribution in [2.24, 2.45) is 5.73 Å². The molecule has 1 aromatic rings. The maximum atomic E-state index is 12.6. The van der Waals surface area contributed by atoms with Crippen LogP contribution in [-0.4, -0.2) is 13.2 Å². The third-order valence-electron chi connectivity index (χ3n) is 1.91. The van der Waals surface area contributed by atoms with Crippen LogP contribution in [0.4, 0.5) is 17.6 Å². The first-order chi connectivity index (χ1) is 7.93. The molecule has 0 radical (unpaired) electrons. The Balaban J connectivity index is 2.67. The lowest BCUT2D eigenvalue weighted by Crippen LogP contribution is -2.05. The first kappa shape index (κ1) is 13.5. The summed E-state index contributed by atoms with van der Waals surface area (Å²) in [6.45, 7) is -0.420. The predicted molar refractivity (Wildman–Crippen MR) is 55.2 cm³/mol. The minimum Gasteiger partial charge on any atom is -0.489 e. The quantitative estimate of drug-likeness (QED) is 0.833. The van der Waals surface area contributed by atoms with Gasteiger partial charge >= 0.3 is 6.18 Å². The average molecular weight is 249 g/mol. The Morgan fingerprint density at radius 1 is 1.35 bits per heavy atom. The van der Waals surface area contributed by atoms with Crippen molar-refractivity contribution in [2.45, 2.75) is 6.18 Å². The number of alkyl halides is 3. The highest BCUT2D eigenvalue weighted by Crippen LogP contribution is 2.31. The van der Waals surface area contributed by atoms with E-state index in [2.05, 4.69) is 0 Å². The second-order valence-corrected chi connectivity index (χ2v) is 3.19. The molecular formula is C11H11F4NO. The standard InChI is InChI=1S/C11H11F4NO/c12-9(7-16)4-5-17-10-3-1-2-8(6-10)11(13,14)15/h1-4,6H,5,7,16H2/b9-4+. The van der Waals surface area contributed by atoms with Gasteiger partial charge in [0.1, 0.15) is 18.2 Å². The molecule has 0 saturated carbocycles. The first-order valence-corrected chi connectivity index (χ1v) is 4.78. The first-order valence-electron chi connectivity index (χ1n) is 4.78. The molecule has 0 heterocycles. The Hall–Kier alpha value is -1.56. The second-order valence-electron chi connectivity index (χ2n) is 3.19. The molecule has 17 heavy (non-hydrogen) atoms. The van der Waals surface area contributed by atoms with Gasteiger partial charge in [-0.05, 0) is 24.3 Å². The van der Waals surface area contributed by atoms with Crippen molar-refractivity contribution in [2.75, 3.05) is 13.2 Å². The highest BCUT2D eigenvalue weighted by atomic mass is 19.4. The summed E-state index contributed by atoms with van der Waals surface area (Å²) in [4.78, 5) is 0. The lowest BCUT2D eigenvalue weighted by molar-refractivity contribution is -0.137. The predicted octanol–water partition coefficient (Wildman–Crippen LogP) is 2.90. The fourth-order valence-corrected chi connectivity index (χ4v) is 1.07. The molecular weight excluding hydrogens is 238 g/mol. The molecule has 0 bridgehead atoms. The Kier molecular flexibility index (Phi) is 4.51. The van der Waals surface area contributed by atoms with Crippen LogP contribution in [-0.2, 0) is 6.18 Å². The van der Waals surface area contributed by atoms with Crippen LogP contribution in [0, 0.1) is 0 Å². The molecule has 0 spiro atoms. The largest absolute Gasteiger partial charge is 0.489 e. The van der Waals surface area contributed by atoms with E-state index in [0.717, 1.165) is 18.2 Å². The topological polar surface area (TPSA) is 35.2 Å². The van der Waals surface area contributed by atoms with E-state index in [1.807, 2.05) is 0 Å². The smallest absolute Gasteiger partial charge is 0.416 e. The highest BCUT2D eigenvalue weighted by molar-refractivity contribution is 5.30. The lowest BCUT2D eigenvalue weighted by atomic mass is 10.2. The second kappa shape index (κ2) is 5.67.